The first-order valence-electron chi connectivity index (χ1n) is 5.01. The molecule has 0 unspecified atom stereocenters. The second-order valence-electron chi connectivity index (χ2n) is 3.48. The summed E-state index contributed by atoms with van der Waals surface area (Å²) in [5.74, 6) is 0. The molecule has 6 nitrogen and oxygen atoms in total. The fourth-order valence-electron chi connectivity index (χ4n) is 1.41. The smallest absolute Gasteiger partial charge is 0.270 e. The molecule has 1 aromatic heterocycles. The molecule has 1 heterocycles. The van der Waals surface area contributed by atoms with Crippen LogP contribution in [0.2, 0.25) is 0 Å². The summed E-state index contributed by atoms with van der Waals surface area (Å²) in [5, 5.41) is 0. The van der Waals surface area contributed by atoms with Crippen molar-refractivity contribution in [1.82, 2.24) is 7.93 Å². The van der Waals surface area contributed by atoms with Gasteiger partial charge in [0.25, 0.3) is 10.0 Å². The Morgan fingerprint density at radius 3 is 2.33 bits per heavy atom. The molecule has 18 heavy (non-hydrogen) atoms. The molecule has 0 atom stereocenters. The highest BCUT2D eigenvalue weighted by molar-refractivity contribution is 7.91. The molecule has 0 spiro atoms. The summed E-state index contributed by atoms with van der Waals surface area (Å²) in [7, 11) is -0.851. The summed E-state index contributed by atoms with van der Waals surface area (Å²) < 4.78 is 26.4. The van der Waals surface area contributed by atoms with Crippen molar-refractivity contribution in [2.45, 2.75) is 4.90 Å². The van der Waals surface area contributed by atoms with Crippen LogP contribution in [0, 0.1) is 0 Å². The zero-order chi connectivity index (χ0) is 13.3. The maximum absolute atomic E-state index is 12.3. The minimum atomic E-state index is -3.84. The van der Waals surface area contributed by atoms with E-state index in [1.165, 1.54) is 30.8 Å². The van der Waals surface area contributed by atoms with Crippen LogP contribution in [0.15, 0.2) is 45.0 Å². The highest BCUT2D eigenvalue weighted by atomic mass is 32.3. The van der Waals surface area contributed by atoms with Gasteiger partial charge in [0.2, 0.25) is 4.80 Å². The average molecular weight is 285 g/mol. The van der Waals surface area contributed by atoms with Crippen molar-refractivity contribution < 1.29 is 8.42 Å². The van der Waals surface area contributed by atoms with Gasteiger partial charge < -0.3 is 0 Å². The molecule has 0 aliphatic carbocycles. The predicted molar refractivity (Wildman–Crippen MR) is 68.1 cm³/mol. The van der Waals surface area contributed by atoms with Crippen LogP contribution in [0.5, 0.6) is 0 Å². The zero-order valence-electron chi connectivity index (χ0n) is 9.77. The molecule has 0 bridgehead atoms. The lowest BCUT2D eigenvalue weighted by Crippen LogP contribution is -2.29. The van der Waals surface area contributed by atoms with Crippen LogP contribution in [-0.4, -0.2) is 23.4 Å². The summed E-state index contributed by atoms with van der Waals surface area (Å²) in [4.78, 5) is 16.1. The zero-order valence-corrected chi connectivity index (χ0v) is 11.4. The maximum Gasteiger partial charge on any atom is 0.354 e. The molecular weight excluding hydrogens is 274 g/mol. The Labute approximate surface area is 108 Å². The molecule has 0 amide bonds. The molecule has 0 aliphatic heterocycles. The van der Waals surface area contributed by atoms with Gasteiger partial charge in [-0.15, -0.1) is 3.36 Å². The minimum absolute atomic E-state index is 0.0802. The van der Waals surface area contributed by atoms with Gasteiger partial charge in [-0.25, -0.2) is 4.79 Å². The fourth-order valence-corrected chi connectivity index (χ4v) is 3.91. The molecule has 0 saturated carbocycles. The lowest BCUT2D eigenvalue weighted by atomic mass is 10.4. The van der Waals surface area contributed by atoms with Crippen LogP contribution < -0.4 is 10.5 Å². The molecular formula is C10H11N3O3S2. The van der Waals surface area contributed by atoms with Gasteiger partial charge in [-0.3, -0.25) is 9.56 Å². The Balaban J connectivity index is 2.75. The van der Waals surface area contributed by atoms with Gasteiger partial charge in [-0.05, 0) is 12.1 Å². The van der Waals surface area contributed by atoms with E-state index in [1.54, 1.807) is 18.2 Å². The van der Waals surface area contributed by atoms with Gasteiger partial charge in [0, 0.05) is 25.6 Å². The van der Waals surface area contributed by atoms with Crippen LogP contribution in [0.4, 0.5) is 0 Å². The molecule has 0 saturated heterocycles. The van der Waals surface area contributed by atoms with Gasteiger partial charge in [0.05, 0.1) is 4.90 Å². The highest BCUT2D eigenvalue weighted by Crippen LogP contribution is 2.11. The summed E-state index contributed by atoms with van der Waals surface area (Å²) in [6.07, 6.45) is 0. The van der Waals surface area contributed by atoms with Crippen molar-refractivity contribution in [2.24, 2.45) is 12.0 Å². The number of aromatic nitrogens is 2. The number of nitrogens with zero attached hydrogens (tertiary/aromatic N) is 3. The molecule has 2 aromatic rings. The lowest BCUT2D eigenvalue weighted by molar-refractivity contribution is 0.587. The summed E-state index contributed by atoms with van der Waals surface area (Å²) >= 11 is 0.800. The first-order valence-corrected chi connectivity index (χ1v) is 7.22. The Morgan fingerprint density at radius 1 is 1.22 bits per heavy atom. The Bertz CT molecular complexity index is 782. The van der Waals surface area contributed by atoms with E-state index in [0.29, 0.717) is 4.80 Å². The maximum atomic E-state index is 12.3. The fraction of sp³-hybridized carbons (Fsp3) is 0.200. The Morgan fingerprint density at radius 2 is 1.83 bits per heavy atom. The van der Waals surface area contributed by atoms with Gasteiger partial charge >= 0.3 is 5.69 Å². The number of benzene rings is 1. The lowest BCUT2D eigenvalue weighted by Gasteiger charge is -2.01. The number of rotatable bonds is 2. The van der Waals surface area contributed by atoms with Crippen LogP contribution in [0.3, 0.4) is 0 Å². The largest absolute Gasteiger partial charge is 0.354 e. The normalized spacial score (nSPS) is 12.9. The van der Waals surface area contributed by atoms with E-state index >= 15 is 0 Å². The third-order valence-corrected chi connectivity index (χ3v) is 5.56. The number of hydrogen-bond donors (Lipinski definition) is 0. The molecule has 0 fully saturated rings. The van der Waals surface area contributed by atoms with E-state index in [9.17, 15) is 13.2 Å². The third kappa shape index (κ3) is 1.93. The van der Waals surface area contributed by atoms with E-state index in [1.807, 2.05) is 0 Å². The summed E-state index contributed by atoms with van der Waals surface area (Å²) in [6.45, 7) is 0. The van der Waals surface area contributed by atoms with Crippen molar-refractivity contribution in [2.75, 3.05) is 7.05 Å². The molecule has 0 aliphatic rings. The topological polar surface area (TPSA) is 73.4 Å². The summed E-state index contributed by atoms with van der Waals surface area (Å²) in [5.41, 5.74) is -0.621. The van der Waals surface area contributed by atoms with Gasteiger partial charge in [-0.1, -0.05) is 18.2 Å². The predicted octanol–water partition coefficient (Wildman–Crippen LogP) is 0.0158. The molecule has 8 heteroatoms. The van der Waals surface area contributed by atoms with Crippen molar-refractivity contribution in [3.63, 3.8) is 0 Å². The van der Waals surface area contributed by atoms with Crippen LogP contribution in [0.1, 0.15) is 0 Å². The van der Waals surface area contributed by atoms with Crippen molar-refractivity contribution in [3.05, 3.63) is 45.6 Å². The Hall–Kier alpha value is -1.67. The quantitative estimate of drug-likeness (QED) is 0.780. The molecule has 0 N–H and O–H groups in total. The van der Waals surface area contributed by atoms with E-state index in [4.69, 9.17) is 0 Å². The Kier molecular flexibility index (Phi) is 3.22. The third-order valence-electron chi connectivity index (χ3n) is 2.35. The monoisotopic (exact) mass is 285 g/mol. The van der Waals surface area contributed by atoms with E-state index in [0.717, 1.165) is 14.9 Å². The molecule has 0 radical (unpaired) electrons. The first-order chi connectivity index (χ1) is 8.48. The molecule has 2 rings (SSSR count). The van der Waals surface area contributed by atoms with Crippen LogP contribution in [-0.2, 0) is 17.1 Å². The van der Waals surface area contributed by atoms with E-state index in [-0.39, 0.29) is 4.90 Å². The van der Waals surface area contributed by atoms with Crippen molar-refractivity contribution in [1.29, 1.82) is 0 Å². The second kappa shape index (κ2) is 4.54. The van der Waals surface area contributed by atoms with Crippen LogP contribution >= 0.6 is 11.5 Å². The van der Waals surface area contributed by atoms with Gasteiger partial charge in [0.1, 0.15) is 0 Å². The molecule has 96 valence electrons. The van der Waals surface area contributed by atoms with Gasteiger partial charge in [0.15, 0.2) is 0 Å². The highest BCUT2D eigenvalue weighted by Gasteiger charge is 2.21. The first kappa shape index (κ1) is 12.8. The average Bonchev–Trinajstić information content (AvgIpc) is 2.67. The minimum Gasteiger partial charge on any atom is -0.270 e. The summed E-state index contributed by atoms with van der Waals surface area (Å²) in [6, 6.07) is 7.82. The SMILES string of the molecule is CN=c1sn(S(=O)(=O)c2ccccc2)c(=O)n1C. The number of hydrogen-bond acceptors (Lipinski definition) is 5. The van der Waals surface area contributed by atoms with Crippen LogP contribution in [0.25, 0.3) is 0 Å². The standard InChI is InChI=1S/C10H11N3O3S2/c1-11-9-12(2)10(14)13(17-9)18(15,16)8-6-4-3-5-7-8/h3-7H,1-2H3. The van der Waals surface area contributed by atoms with E-state index in [2.05, 4.69) is 4.99 Å². The van der Waals surface area contributed by atoms with E-state index < -0.39 is 15.7 Å². The van der Waals surface area contributed by atoms with Gasteiger partial charge in [-0.2, -0.15) is 8.42 Å². The van der Waals surface area contributed by atoms with Crippen molar-refractivity contribution >= 4 is 21.6 Å². The molecule has 1 aromatic carbocycles. The van der Waals surface area contributed by atoms with Crippen molar-refractivity contribution in [3.8, 4) is 0 Å². The second-order valence-corrected chi connectivity index (χ2v) is 6.41.